The van der Waals surface area contributed by atoms with E-state index in [1.165, 1.54) is 6.07 Å². The molecule has 1 N–H and O–H groups in total. The first-order chi connectivity index (χ1) is 9.08. The van der Waals surface area contributed by atoms with E-state index in [2.05, 4.69) is 12.2 Å². The van der Waals surface area contributed by atoms with Crippen molar-refractivity contribution in [3.05, 3.63) is 35.6 Å². The van der Waals surface area contributed by atoms with Crippen LogP contribution >= 0.6 is 0 Å². The molecule has 0 saturated carbocycles. The summed E-state index contributed by atoms with van der Waals surface area (Å²) in [5, 5.41) is 3.32. The van der Waals surface area contributed by atoms with E-state index in [1.807, 2.05) is 0 Å². The van der Waals surface area contributed by atoms with E-state index in [-0.39, 0.29) is 17.6 Å². The largest absolute Gasteiger partial charge is 0.341 e. The van der Waals surface area contributed by atoms with Crippen molar-refractivity contribution in [1.29, 1.82) is 0 Å². The zero-order valence-electron chi connectivity index (χ0n) is 11.5. The van der Waals surface area contributed by atoms with Gasteiger partial charge in [-0.05, 0) is 25.8 Å². The third-order valence-corrected chi connectivity index (χ3v) is 3.75. The minimum Gasteiger partial charge on any atom is -0.341 e. The fraction of sp³-hybridized carbons (Fsp3) is 0.533. The highest BCUT2D eigenvalue weighted by Crippen LogP contribution is 2.18. The molecule has 1 aliphatic heterocycles. The molecular weight excluding hydrogens is 243 g/mol. The highest BCUT2D eigenvalue weighted by Gasteiger charge is 2.26. The molecule has 1 fully saturated rings. The monoisotopic (exact) mass is 264 g/mol. The SMILES string of the molecule is CC1CCC(C(=O)N(C)Cc2ccccc2F)CN1. The summed E-state index contributed by atoms with van der Waals surface area (Å²) in [6, 6.07) is 7.09. The van der Waals surface area contributed by atoms with Crippen LogP contribution in [0.2, 0.25) is 0 Å². The van der Waals surface area contributed by atoms with Crippen molar-refractivity contribution in [1.82, 2.24) is 10.2 Å². The Morgan fingerprint density at radius 2 is 2.16 bits per heavy atom. The molecule has 3 nitrogen and oxygen atoms in total. The second-order valence-corrected chi connectivity index (χ2v) is 5.37. The molecule has 0 spiro atoms. The van der Waals surface area contributed by atoms with Gasteiger partial charge in [0.25, 0.3) is 0 Å². The van der Waals surface area contributed by atoms with Crippen LogP contribution in [0.3, 0.4) is 0 Å². The molecule has 1 saturated heterocycles. The lowest BCUT2D eigenvalue weighted by atomic mass is 9.94. The molecule has 4 heteroatoms. The zero-order valence-corrected chi connectivity index (χ0v) is 11.5. The molecule has 2 unspecified atom stereocenters. The van der Waals surface area contributed by atoms with Crippen molar-refractivity contribution in [2.45, 2.75) is 32.4 Å². The van der Waals surface area contributed by atoms with Gasteiger partial charge in [-0.2, -0.15) is 0 Å². The highest BCUT2D eigenvalue weighted by atomic mass is 19.1. The van der Waals surface area contributed by atoms with E-state index in [4.69, 9.17) is 0 Å². The maximum atomic E-state index is 13.6. The zero-order chi connectivity index (χ0) is 13.8. The first kappa shape index (κ1) is 14.0. The summed E-state index contributed by atoms with van der Waals surface area (Å²) in [6.07, 6.45) is 1.93. The van der Waals surface area contributed by atoms with Gasteiger partial charge in [-0.15, -0.1) is 0 Å². The number of hydrogen-bond acceptors (Lipinski definition) is 2. The number of nitrogens with one attached hydrogen (secondary N) is 1. The van der Waals surface area contributed by atoms with Gasteiger partial charge < -0.3 is 10.2 Å². The number of carbonyl (C=O) groups excluding carboxylic acids is 1. The molecule has 1 aromatic rings. The summed E-state index contributed by atoms with van der Waals surface area (Å²) >= 11 is 0. The van der Waals surface area contributed by atoms with Gasteiger partial charge >= 0.3 is 0 Å². The molecule has 1 aliphatic rings. The second-order valence-electron chi connectivity index (χ2n) is 5.37. The number of hydrogen-bond donors (Lipinski definition) is 1. The van der Waals surface area contributed by atoms with E-state index in [1.54, 1.807) is 30.1 Å². The molecule has 0 aromatic heterocycles. The van der Waals surface area contributed by atoms with Crippen molar-refractivity contribution in [2.24, 2.45) is 5.92 Å². The summed E-state index contributed by atoms with van der Waals surface area (Å²) in [7, 11) is 1.74. The van der Waals surface area contributed by atoms with E-state index in [0.29, 0.717) is 18.2 Å². The molecule has 1 aromatic carbocycles. The number of halogens is 1. The van der Waals surface area contributed by atoms with Gasteiger partial charge in [0.2, 0.25) is 5.91 Å². The van der Waals surface area contributed by atoms with Crippen molar-refractivity contribution in [3.63, 3.8) is 0 Å². The summed E-state index contributed by atoms with van der Waals surface area (Å²) in [5.74, 6) is -0.131. The average Bonchev–Trinajstić information content (AvgIpc) is 2.41. The van der Waals surface area contributed by atoms with Gasteiger partial charge in [0.15, 0.2) is 0 Å². The van der Waals surface area contributed by atoms with Crippen molar-refractivity contribution in [2.75, 3.05) is 13.6 Å². The van der Waals surface area contributed by atoms with Gasteiger partial charge in [-0.1, -0.05) is 18.2 Å². The summed E-state index contributed by atoms with van der Waals surface area (Å²) in [4.78, 5) is 13.9. The van der Waals surface area contributed by atoms with Crippen LogP contribution in [-0.4, -0.2) is 30.4 Å². The Hall–Kier alpha value is -1.42. The smallest absolute Gasteiger partial charge is 0.227 e. The number of amides is 1. The lowest BCUT2D eigenvalue weighted by Gasteiger charge is -2.30. The lowest BCUT2D eigenvalue weighted by molar-refractivity contribution is -0.135. The van der Waals surface area contributed by atoms with Gasteiger partial charge in [-0.25, -0.2) is 4.39 Å². The van der Waals surface area contributed by atoms with E-state index >= 15 is 0 Å². The van der Waals surface area contributed by atoms with Crippen molar-refractivity contribution in [3.8, 4) is 0 Å². The molecule has 1 amide bonds. The molecule has 0 aliphatic carbocycles. The minimum absolute atomic E-state index is 0.0213. The van der Waals surface area contributed by atoms with Gasteiger partial charge in [0.05, 0.1) is 5.92 Å². The fourth-order valence-electron chi connectivity index (χ4n) is 2.48. The molecule has 0 radical (unpaired) electrons. The predicted octanol–water partition coefficient (Wildman–Crippen LogP) is 2.17. The van der Waals surface area contributed by atoms with E-state index < -0.39 is 0 Å². The Kier molecular flexibility index (Phi) is 4.53. The minimum atomic E-state index is -0.252. The van der Waals surface area contributed by atoms with Gasteiger partial charge in [-0.3, -0.25) is 4.79 Å². The number of piperidine rings is 1. The Morgan fingerprint density at radius 3 is 2.79 bits per heavy atom. The summed E-state index contributed by atoms with van der Waals surface area (Å²) in [5.41, 5.74) is 0.565. The fourth-order valence-corrected chi connectivity index (χ4v) is 2.48. The second kappa shape index (κ2) is 6.15. The molecule has 1 heterocycles. The lowest BCUT2D eigenvalue weighted by Crippen LogP contribution is -2.44. The standard InChI is InChI=1S/C15H21FN2O/c1-11-7-8-12(9-17-11)15(19)18(2)10-13-5-3-4-6-14(13)16/h3-6,11-12,17H,7-10H2,1-2H3. The van der Waals surface area contributed by atoms with Crippen LogP contribution in [0.15, 0.2) is 24.3 Å². The normalized spacial score (nSPS) is 23.1. The van der Waals surface area contributed by atoms with Crippen molar-refractivity contribution < 1.29 is 9.18 Å². The van der Waals surface area contributed by atoms with Gasteiger partial charge in [0.1, 0.15) is 5.82 Å². The molecule has 2 rings (SSSR count). The summed E-state index contributed by atoms with van der Waals surface area (Å²) in [6.45, 7) is 3.18. The molecule has 2 atom stereocenters. The number of carbonyl (C=O) groups is 1. The van der Waals surface area contributed by atoms with Crippen LogP contribution in [0.1, 0.15) is 25.3 Å². The van der Waals surface area contributed by atoms with E-state index in [9.17, 15) is 9.18 Å². The molecule has 0 bridgehead atoms. The highest BCUT2D eigenvalue weighted by molar-refractivity contribution is 5.79. The maximum absolute atomic E-state index is 13.6. The average molecular weight is 264 g/mol. The summed E-state index contributed by atoms with van der Waals surface area (Å²) < 4.78 is 13.6. The first-order valence-corrected chi connectivity index (χ1v) is 6.79. The quantitative estimate of drug-likeness (QED) is 0.907. The number of benzene rings is 1. The third-order valence-electron chi connectivity index (χ3n) is 3.75. The van der Waals surface area contributed by atoms with Crippen molar-refractivity contribution >= 4 is 5.91 Å². The molecular formula is C15H21FN2O. The Morgan fingerprint density at radius 1 is 1.42 bits per heavy atom. The maximum Gasteiger partial charge on any atom is 0.227 e. The first-order valence-electron chi connectivity index (χ1n) is 6.79. The predicted molar refractivity (Wildman–Crippen MR) is 73.1 cm³/mol. The number of nitrogens with zero attached hydrogens (tertiary/aromatic N) is 1. The molecule has 19 heavy (non-hydrogen) atoms. The van der Waals surface area contributed by atoms with Gasteiger partial charge in [0, 0.05) is 31.7 Å². The van der Waals surface area contributed by atoms with Crippen LogP contribution < -0.4 is 5.32 Å². The van der Waals surface area contributed by atoms with Crippen LogP contribution in [-0.2, 0) is 11.3 Å². The van der Waals surface area contributed by atoms with Crippen LogP contribution in [0.25, 0.3) is 0 Å². The van der Waals surface area contributed by atoms with Crippen LogP contribution in [0.4, 0.5) is 4.39 Å². The number of rotatable bonds is 3. The van der Waals surface area contributed by atoms with Crippen LogP contribution in [0, 0.1) is 11.7 Å². The Bertz CT molecular complexity index is 442. The third kappa shape index (κ3) is 3.53. The topological polar surface area (TPSA) is 32.3 Å². The van der Waals surface area contributed by atoms with Crippen LogP contribution in [0.5, 0.6) is 0 Å². The Balaban J connectivity index is 1.94. The molecule has 104 valence electrons. The van der Waals surface area contributed by atoms with E-state index in [0.717, 1.165) is 19.4 Å². The Labute approximate surface area is 113 Å².